The lowest BCUT2D eigenvalue weighted by Gasteiger charge is -1.97. The van der Waals surface area contributed by atoms with Crippen molar-refractivity contribution in [2.45, 2.75) is 13.3 Å². The van der Waals surface area contributed by atoms with Crippen molar-refractivity contribution < 1.29 is 9.53 Å². The highest BCUT2D eigenvalue weighted by Gasteiger charge is 1.91. The average Bonchev–Trinajstić information content (AvgIpc) is 2.24. The summed E-state index contributed by atoms with van der Waals surface area (Å²) in [5.74, 6) is 0.169. The van der Waals surface area contributed by atoms with Crippen LogP contribution < -0.4 is 0 Å². The first-order valence-corrected chi connectivity index (χ1v) is 5.08. The summed E-state index contributed by atoms with van der Waals surface area (Å²) in [6.45, 7) is 2.64. The third-order valence-corrected chi connectivity index (χ3v) is 1.92. The molecule has 0 aliphatic carbocycles. The van der Waals surface area contributed by atoms with Gasteiger partial charge >= 0.3 is 0 Å². The molecule has 0 fully saturated rings. The topological polar surface area (TPSA) is 26.3 Å². The van der Waals surface area contributed by atoms with E-state index in [-0.39, 0.29) is 5.78 Å². The maximum atomic E-state index is 10.6. The summed E-state index contributed by atoms with van der Waals surface area (Å²) in [6.07, 6.45) is 4.46. The van der Waals surface area contributed by atoms with Gasteiger partial charge in [0.25, 0.3) is 0 Å². The predicted octanol–water partition coefficient (Wildman–Crippen LogP) is 2.70. The molecule has 0 aliphatic rings. The summed E-state index contributed by atoms with van der Waals surface area (Å²) in [5, 5.41) is 0. The molecule has 0 bridgehead atoms. The smallest absolute Gasteiger partial charge is 0.132 e. The second-order valence-corrected chi connectivity index (χ2v) is 3.34. The molecule has 2 nitrogen and oxygen atoms in total. The van der Waals surface area contributed by atoms with Crippen LogP contribution in [0, 0.1) is 0 Å². The number of ketones is 1. The number of carbonyl (C=O) groups excluding carboxylic acids is 1. The van der Waals surface area contributed by atoms with Gasteiger partial charge in [-0.3, -0.25) is 4.79 Å². The first kappa shape index (κ1) is 11.7. The summed E-state index contributed by atoms with van der Waals surface area (Å²) in [7, 11) is 0. The standard InChI is InChI=1S/C13H16O2/c1-12(14)9-11-15-10-5-8-13-6-3-2-4-7-13/h2-8H,9-11H2,1H3. The Kier molecular flexibility index (Phi) is 5.41. The van der Waals surface area contributed by atoms with Crippen LogP contribution in [0.4, 0.5) is 0 Å². The van der Waals surface area contributed by atoms with Crippen molar-refractivity contribution in [3.63, 3.8) is 0 Å². The summed E-state index contributed by atoms with van der Waals surface area (Å²) in [5.41, 5.74) is 1.16. The van der Waals surface area contributed by atoms with Crippen molar-refractivity contribution in [2.24, 2.45) is 0 Å². The van der Waals surface area contributed by atoms with E-state index in [1.807, 2.05) is 42.5 Å². The highest BCUT2D eigenvalue weighted by atomic mass is 16.5. The second kappa shape index (κ2) is 6.96. The van der Waals surface area contributed by atoms with Crippen LogP contribution in [-0.4, -0.2) is 19.0 Å². The van der Waals surface area contributed by atoms with Crippen LogP contribution in [0.1, 0.15) is 18.9 Å². The number of rotatable bonds is 6. The first-order valence-electron chi connectivity index (χ1n) is 5.08. The Balaban J connectivity index is 2.15. The van der Waals surface area contributed by atoms with Crippen LogP contribution in [0.5, 0.6) is 0 Å². The van der Waals surface area contributed by atoms with Crippen molar-refractivity contribution in [1.82, 2.24) is 0 Å². The molecule has 1 rings (SSSR count). The Hall–Kier alpha value is -1.41. The van der Waals surface area contributed by atoms with Crippen LogP contribution in [0.25, 0.3) is 6.08 Å². The van der Waals surface area contributed by atoms with Gasteiger partial charge in [-0.15, -0.1) is 0 Å². The van der Waals surface area contributed by atoms with E-state index in [4.69, 9.17) is 4.74 Å². The molecule has 0 heterocycles. The molecule has 0 unspecified atom stereocenters. The van der Waals surface area contributed by atoms with Gasteiger partial charge in [-0.2, -0.15) is 0 Å². The average molecular weight is 204 g/mol. The largest absolute Gasteiger partial charge is 0.377 e. The number of Topliss-reactive ketones (excluding diaryl/α,β-unsaturated/α-hetero) is 1. The van der Waals surface area contributed by atoms with Gasteiger partial charge in [0, 0.05) is 6.42 Å². The summed E-state index contributed by atoms with van der Waals surface area (Å²) in [6, 6.07) is 10.0. The molecule has 0 aromatic heterocycles. The molecule has 0 N–H and O–H groups in total. The Morgan fingerprint density at radius 1 is 1.33 bits per heavy atom. The van der Waals surface area contributed by atoms with Gasteiger partial charge in [0.15, 0.2) is 0 Å². The van der Waals surface area contributed by atoms with Crippen molar-refractivity contribution in [1.29, 1.82) is 0 Å². The normalized spacial score (nSPS) is 10.7. The minimum atomic E-state index is 0.169. The third kappa shape index (κ3) is 5.81. The molecule has 0 atom stereocenters. The van der Waals surface area contributed by atoms with E-state index in [1.165, 1.54) is 0 Å². The van der Waals surface area contributed by atoms with E-state index in [1.54, 1.807) is 6.92 Å². The lowest BCUT2D eigenvalue weighted by Crippen LogP contribution is -1.99. The van der Waals surface area contributed by atoms with Gasteiger partial charge < -0.3 is 4.74 Å². The van der Waals surface area contributed by atoms with E-state index in [9.17, 15) is 4.79 Å². The molecule has 0 spiro atoms. The van der Waals surface area contributed by atoms with Crippen LogP contribution in [0.15, 0.2) is 36.4 Å². The van der Waals surface area contributed by atoms with E-state index in [2.05, 4.69) is 0 Å². The van der Waals surface area contributed by atoms with Gasteiger partial charge in [-0.25, -0.2) is 0 Å². The molecule has 15 heavy (non-hydrogen) atoms. The molecule has 1 aromatic carbocycles. The zero-order valence-electron chi connectivity index (χ0n) is 8.98. The fourth-order valence-electron chi connectivity index (χ4n) is 1.12. The number of ether oxygens (including phenoxy) is 1. The van der Waals surface area contributed by atoms with Crippen molar-refractivity contribution in [3.05, 3.63) is 42.0 Å². The SMILES string of the molecule is CC(=O)CCOCC=Cc1ccccc1. The minimum Gasteiger partial charge on any atom is -0.377 e. The van der Waals surface area contributed by atoms with Gasteiger partial charge in [-0.05, 0) is 12.5 Å². The van der Waals surface area contributed by atoms with Crippen LogP contribution >= 0.6 is 0 Å². The first-order chi connectivity index (χ1) is 7.29. The lowest BCUT2D eigenvalue weighted by molar-refractivity contribution is -0.117. The Morgan fingerprint density at radius 2 is 2.07 bits per heavy atom. The monoisotopic (exact) mass is 204 g/mol. The Morgan fingerprint density at radius 3 is 2.73 bits per heavy atom. The molecule has 1 aromatic rings. The maximum absolute atomic E-state index is 10.6. The number of hydrogen-bond acceptors (Lipinski definition) is 2. The summed E-state index contributed by atoms with van der Waals surface area (Å²) < 4.78 is 5.26. The van der Waals surface area contributed by atoms with Gasteiger partial charge in [-0.1, -0.05) is 42.5 Å². The minimum absolute atomic E-state index is 0.169. The quantitative estimate of drug-likeness (QED) is 0.666. The molecule has 80 valence electrons. The summed E-state index contributed by atoms with van der Waals surface area (Å²) in [4.78, 5) is 10.6. The maximum Gasteiger partial charge on any atom is 0.132 e. The van der Waals surface area contributed by atoms with E-state index < -0.39 is 0 Å². The third-order valence-electron chi connectivity index (χ3n) is 1.92. The van der Waals surface area contributed by atoms with E-state index in [0.717, 1.165) is 5.56 Å². The highest BCUT2D eigenvalue weighted by Crippen LogP contribution is 2.00. The molecule has 2 heteroatoms. The van der Waals surface area contributed by atoms with Crippen molar-refractivity contribution in [3.8, 4) is 0 Å². The second-order valence-electron chi connectivity index (χ2n) is 3.34. The van der Waals surface area contributed by atoms with Crippen molar-refractivity contribution in [2.75, 3.05) is 13.2 Å². The number of benzene rings is 1. The molecule has 0 amide bonds. The summed E-state index contributed by atoms with van der Waals surface area (Å²) >= 11 is 0. The number of hydrogen-bond donors (Lipinski definition) is 0. The zero-order chi connectivity index (χ0) is 10.9. The molecular formula is C13H16O2. The van der Waals surface area contributed by atoms with Gasteiger partial charge in [0.05, 0.1) is 13.2 Å². The molecule has 0 saturated carbocycles. The molecule has 0 radical (unpaired) electrons. The molecule has 0 aliphatic heterocycles. The van der Waals surface area contributed by atoms with Crippen molar-refractivity contribution >= 4 is 11.9 Å². The molecular weight excluding hydrogens is 188 g/mol. The fraction of sp³-hybridized carbons (Fsp3) is 0.308. The van der Waals surface area contributed by atoms with E-state index in [0.29, 0.717) is 19.6 Å². The zero-order valence-corrected chi connectivity index (χ0v) is 8.98. The predicted molar refractivity (Wildman–Crippen MR) is 61.6 cm³/mol. The number of carbonyl (C=O) groups is 1. The lowest BCUT2D eigenvalue weighted by atomic mass is 10.2. The fourth-order valence-corrected chi connectivity index (χ4v) is 1.12. The Labute approximate surface area is 90.6 Å². The Bertz CT molecular complexity index is 315. The van der Waals surface area contributed by atoms with Gasteiger partial charge in [0.2, 0.25) is 0 Å². The van der Waals surface area contributed by atoms with Crippen LogP contribution in [0.3, 0.4) is 0 Å². The van der Waals surface area contributed by atoms with Crippen LogP contribution in [0.2, 0.25) is 0 Å². The molecule has 0 saturated heterocycles. The van der Waals surface area contributed by atoms with Crippen LogP contribution in [-0.2, 0) is 9.53 Å². The van der Waals surface area contributed by atoms with E-state index >= 15 is 0 Å². The van der Waals surface area contributed by atoms with Gasteiger partial charge in [0.1, 0.15) is 5.78 Å². The highest BCUT2D eigenvalue weighted by molar-refractivity contribution is 5.75.